The summed E-state index contributed by atoms with van der Waals surface area (Å²) in [6, 6.07) is 22.9. The first kappa shape index (κ1) is 22.1. The Labute approximate surface area is 194 Å². The average Bonchev–Trinajstić information content (AvgIpc) is 2.85. The van der Waals surface area contributed by atoms with E-state index in [1.807, 2.05) is 54.6 Å². The normalized spacial score (nSPS) is 10.6. The second kappa shape index (κ2) is 10.5. The third-order valence-electron chi connectivity index (χ3n) is 4.47. The molecule has 4 aromatic rings. The molecule has 0 atom stereocenters. The lowest BCUT2D eigenvalue weighted by Crippen LogP contribution is -2.07. The number of non-ortho nitro benzene ring substituents is 1. The Hall–Kier alpha value is -5.06. The van der Waals surface area contributed by atoms with Gasteiger partial charge in [-0.1, -0.05) is 30.3 Å². The first-order valence-corrected chi connectivity index (χ1v) is 10.1. The summed E-state index contributed by atoms with van der Waals surface area (Å²) in [4.78, 5) is 23.6. The van der Waals surface area contributed by atoms with Crippen molar-refractivity contribution in [2.24, 2.45) is 5.10 Å². The van der Waals surface area contributed by atoms with Crippen LogP contribution in [0.5, 0.6) is 5.75 Å². The van der Waals surface area contributed by atoms with Crippen molar-refractivity contribution in [2.75, 3.05) is 23.2 Å². The van der Waals surface area contributed by atoms with Gasteiger partial charge in [-0.25, -0.2) is 5.43 Å². The smallest absolute Gasteiger partial charge is 0.270 e. The van der Waals surface area contributed by atoms with E-state index >= 15 is 0 Å². The maximum absolute atomic E-state index is 11.0. The molecule has 0 aliphatic rings. The third kappa shape index (κ3) is 6.01. The number of anilines is 5. The molecular formula is C23H20N8O3. The van der Waals surface area contributed by atoms with Crippen LogP contribution in [0, 0.1) is 10.1 Å². The molecule has 1 heterocycles. The van der Waals surface area contributed by atoms with Gasteiger partial charge in [-0.3, -0.25) is 10.1 Å². The van der Waals surface area contributed by atoms with Crippen molar-refractivity contribution < 1.29 is 9.66 Å². The minimum absolute atomic E-state index is 0.0237. The molecule has 11 nitrogen and oxygen atoms in total. The fraction of sp³-hybridized carbons (Fsp3) is 0.0435. The Kier molecular flexibility index (Phi) is 6.84. The van der Waals surface area contributed by atoms with Crippen molar-refractivity contribution >= 4 is 41.1 Å². The van der Waals surface area contributed by atoms with Crippen LogP contribution in [0.4, 0.5) is 34.9 Å². The lowest BCUT2D eigenvalue weighted by atomic mass is 10.2. The first-order chi connectivity index (χ1) is 16.6. The van der Waals surface area contributed by atoms with Crippen LogP contribution in [0.2, 0.25) is 0 Å². The SMILES string of the molecule is COc1ccc(Nc2nc(N/N=C\c3cccc([N+](=O)[O-])c3)nc(Nc3ccccc3)n2)cc1. The van der Waals surface area contributed by atoms with Crippen LogP contribution < -0.4 is 20.8 Å². The molecule has 0 amide bonds. The number of rotatable bonds is 9. The van der Waals surface area contributed by atoms with Crippen LogP contribution in [-0.4, -0.2) is 33.2 Å². The molecule has 0 unspecified atom stereocenters. The zero-order chi connectivity index (χ0) is 23.8. The highest BCUT2D eigenvalue weighted by Crippen LogP contribution is 2.21. The molecule has 0 radical (unpaired) electrons. The van der Waals surface area contributed by atoms with Gasteiger partial charge in [0.2, 0.25) is 17.8 Å². The van der Waals surface area contributed by atoms with Gasteiger partial charge in [0.1, 0.15) is 5.75 Å². The van der Waals surface area contributed by atoms with E-state index in [-0.39, 0.29) is 17.6 Å². The number of nitrogens with zero attached hydrogens (tertiary/aromatic N) is 5. The molecular weight excluding hydrogens is 436 g/mol. The molecule has 0 aliphatic heterocycles. The first-order valence-electron chi connectivity index (χ1n) is 10.1. The molecule has 0 bridgehead atoms. The van der Waals surface area contributed by atoms with Gasteiger partial charge in [0, 0.05) is 29.1 Å². The number of nitro benzene ring substituents is 1. The number of para-hydroxylation sites is 1. The zero-order valence-electron chi connectivity index (χ0n) is 18.0. The van der Waals surface area contributed by atoms with Gasteiger partial charge >= 0.3 is 0 Å². The zero-order valence-corrected chi connectivity index (χ0v) is 18.0. The fourth-order valence-electron chi connectivity index (χ4n) is 2.87. The van der Waals surface area contributed by atoms with Crippen LogP contribution >= 0.6 is 0 Å². The number of hydrogen-bond donors (Lipinski definition) is 3. The Morgan fingerprint density at radius 2 is 1.50 bits per heavy atom. The summed E-state index contributed by atoms with van der Waals surface area (Å²) < 4.78 is 5.18. The number of aromatic nitrogens is 3. The minimum atomic E-state index is -0.463. The quantitative estimate of drug-likeness (QED) is 0.185. The van der Waals surface area contributed by atoms with Crippen molar-refractivity contribution in [2.45, 2.75) is 0 Å². The Morgan fingerprint density at radius 3 is 2.15 bits per heavy atom. The highest BCUT2D eigenvalue weighted by molar-refractivity contribution is 5.81. The minimum Gasteiger partial charge on any atom is -0.497 e. The van der Waals surface area contributed by atoms with Crippen LogP contribution in [0.25, 0.3) is 0 Å². The van der Waals surface area contributed by atoms with Crippen molar-refractivity contribution in [3.63, 3.8) is 0 Å². The summed E-state index contributed by atoms with van der Waals surface area (Å²) in [5.74, 6) is 1.48. The molecule has 4 rings (SSSR count). The molecule has 1 aromatic heterocycles. The Morgan fingerprint density at radius 1 is 0.853 bits per heavy atom. The van der Waals surface area contributed by atoms with E-state index in [4.69, 9.17) is 4.74 Å². The molecule has 0 saturated heterocycles. The van der Waals surface area contributed by atoms with Crippen LogP contribution in [0.1, 0.15) is 5.56 Å². The molecule has 170 valence electrons. The van der Waals surface area contributed by atoms with Crippen LogP contribution in [0.15, 0.2) is 84.0 Å². The summed E-state index contributed by atoms with van der Waals surface area (Å²) in [5.41, 5.74) is 4.83. The molecule has 0 saturated carbocycles. The van der Waals surface area contributed by atoms with E-state index < -0.39 is 4.92 Å². The van der Waals surface area contributed by atoms with Gasteiger partial charge in [0.15, 0.2) is 0 Å². The molecule has 34 heavy (non-hydrogen) atoms. The van der Waals surface area contributed by atoms with Gasteiger partial charge < -0.3 is 15.4 Å². The number of hydrazone groups is 1. The van der Waals surface area contributed by atoms with Gasteiger partial charge in [-0.15, -0.1) is 0 Å². The van der Waals surface area contributed by atoms with Gasteiger partial charge in [0.05, 0.1) is 18.2 Å². The number of nitro groups is 1. The number of methoxy groups -OCH3 is 1. The van der Waals surface area contributed by atoms with Crippen molar-refractivity contribution in [1.82, 2.24) is 15.0 Å². The average molecular weight is 456 g/mol. The number of benzene rings is 3. The topological polar surface area (TPSA) is 139 Å². The van der Waals surface area contributed by atoms with Crippen molar-refractivity contribution in [3.05, 3.63) is 94.5 Å². The van der Waals surface area contributed by atoms with E-state index in [0.717, 1.165) is 17.1 Å². The number of hydrogen-bond acceptors (Lipinski definition) is 10. The summed E-state index contributed by atoms with van der Waals surface area (Å²) in [6.07, 6.45) is 1.44. The molecule has 11 heteroatoms. The van der Waals surface area contributed by atoms with E-state index in [2.05, 4.69) is 36.1 Å². The van der Waals surface area contributed by atoms with E-state index in [1.54, 1.807) is 19.2 Å². The molecule has 3 aromatic carbocycles. The molecule has 0 fully saturated rings. The second-order valence-corrected chi connectivity index (χ2v) is 6.87. The fourth-order valence-corrected chi connectivity index (χ4v) is 2.87. The maximum atomic E-state index is 11.0. The number of nitrogens with one attached hydrogen (secondary N) is 3. The number of ether oxygens (including phenoxy) is 1. The highest BCUT2D eigenvalue weighted by atomic mass is 16.6. The predicted octanol–water partition coefficient (Wildman–Crippen LogP) is 4.72. The Balaban J connectivity index is 1.56. The highest BCUT2D eigenvalue weighted by Gasteiger charge is 2.08. The van der Waals surface area contributed by atoms with Crippen LogP contribution in [-0.2, 0) is 0 Å². The van der Waals surface area contributed by atoms with E-state index in [9.17, 15) is 10.1 Å². The standard InChI is InChI=1S/C23H20N8O3/c1-34-20-12-10-18(11-13-20)26-22-27-21(25-17-7-3-2-4-8-17)28-23(29-22)30-24-15-16-6-5-9-19(14-16)31(32)33/h2-15H,1H3,(H3,25,26,27,28,29,30)/b24-15-. The van der Waals surface area contributed by atoms with Gasteiger partial charge in [0.25, 0.3) is 5.69 Å². The van der Waals surface area contributed by atoms with Crippen molar-refractivity contribution in [1.29, 1.82) is 0 Å². The monoisotopic (exact) mass is 456 g/mol. The van der Waals surface area contributed by atoms with E-state index in [0.29, 0.717) is 11.5 Å². The van der Waals surface area contributed by atoms with Gasteiger partial charge in [-0.05, 0) is 36.4 Å². The lowest BCUT2D eigenvalue weighted by Gasteiger charge is -2.10. The third-order valence-corrected chi connectivity index (χ3v) is 4.47. The predicted molar refractivity (Wildman–Crippen MR) is 130 cm³/mol. The summed E-state index contributed by atoms with van der Waals surface area (Å²) >= 11 is 0. The molecule has 0 spiro atoms. The summed E-state index contributed by atoms with van der Waals surface area (Å²) in [6.45, 7) is 0. The Bertz CT molecular complexity index is 1300. The van der Waals surface area contributed by atoms with Crippen molar-refractivity contribution in [3.8, 4) is 5.75 Å². The maximum Gasteiger partial charge on any atom is 0.270 e. The summed E-state index contributed by atoms with van der Waals surface area (Å²) in [5, 5.41) is 21.3. The van der Waals surface area contributed by atoms with Crippen LogP contribution in [0.3, 0.4) is 0 Å². The second-order valence-electron chi connectivity index (χ2n) is 6.87. The molecule has 3 N–H and O–H groups in total. The lowest BCUT2D eigenvalue weighted by molar-refractivity contribution is -0.384. The van der Waals surface area contributed by atoms with E-state index in [1.165, 1.54) is 18.3 Å². The summed E-state index contributed by atoms with van der Waals surface area (Å²) in [7, 11) is 1.60. The van der Waals surface area contributed by atoms with Gasteiger partial charge in [-0.2, -0.15) is 20.1 Å². The largest absolute Gasteiger partial charge is 0.497 e. The molecule has 0 aliphatic carbocycles.